The maximum absolute atomic E-state index is 4.39. The van der Waals surface area contributed by atoms with Gasteiger partial charge < -0.3 is 4.40 Å². The van der Waals surface area contributed by atoms with Gasteiger partial charge in [0.2, 0.25) is 0 Å². The maximum Gasteiger partial charge on any atom is 0.110 e. The SMILES string of the molecule is Cc1ccn2c(C)nc(C)c2c1. The van der Waals surface area contributed by atoms with Crippen LogP contribution in [0.15, 0.2) is 18.3 Å². The summed E-state index contributed by atoms with van der Waals surface area (Å²) in [6.07, 6.45) is 2.07. The number of imidazole rings is 1. The molecule has 0 unspecified atom stereocenters. The van der Waals surface area contributed by atoms with Gasteiger partial charge in [-0.1, -0.05) is 0 Å². The molecule has 0 bridgehead atoms. The van der Waals surface area contributed by atoms with E-state index in [1.54, 1.807) is 0 Å². The number of pyridine rings is 1. The van der Waals surface area contributed by atoms with Crippen LogP contribution in [0.25, 0.3) is 5.52 Å². The Hall–Kier alpha value is -1.31. The molecule has 0 saturated heterocycles. The van der Waals surface area contributed by atoms with Crippen LogP contribution in [-0.4, -0.2) is 9.38 Å². The lowest BCUT2D eigenvalue weighted by molar-refractivity contribution is 1.04. The third-order valence-electron chi connectivity index (χ3n) is 2.16. The van der Waals surface area contributed by atoms with Gasteiger partial charge in [-0.3, -0.25) is 0 Å². The fourth-order valence-electron chi connectivity index (χ4n) is 1.52. The average Bonchev–Trinajstić information content (AvgIpc) is 2.28. The Morgan fingerprint density at radius 2 is 2.00 bits per heavy atom. The molecule has 0 aliphatic rings. The second-order valence-electron chi connectivity index (χ2n) is 3.20. The summed E-state index contributed by atoms with van der Waals surface area (Å²) in [5.41, 5.74) is 3.61. The van der Waals surface area contributed by atoms with Crippen LogP contribution >= 0.6 is 0 Å². The van der Waals surface area contributed by atoms with Crippen LogP contribution in [-0.2, 0) is 0 Å². The van der Waals surface area contributed by atoms with Gasteiger partial charge in [0, 0.05) is 6.20 Å². The molecular formula is C10H12N2. The Kier molecular flexibility index (Phi) is 1.43. The minimum Gasteiger partial charge on any atom is -0.304 e. The maximum atomic E-state index is 4.39. The Morgan fingerprint density at radius 1 is 1.25 bits per heavy atom. The quantitative estimate of drug-likeness (QED) is 0.577. The molecule has 2 rings (SSSR count). The molecule has 2 nitrogen and oxygen atoms in total. The first-order valence-electron chi connectivity index (χ1n) is 4.10. The van der Waals surface area contributed by atoms with Crippen LogP contribution in [0.3, 0.4) is 0 Å². The summed E-state index contributed by atoms with van der Waals surface area (Å²) in [7, 11) is 0. The molecule has 0 aliphatic carbocycles. The molecule has 0 atom stereocenters. The van der Waals surface area contributed by atoms with Crippen molar-refractivity contribution in [3.63, 3.8) is 0 Å². The molecule has 0 saturated carbocycles. The van der Waals surface area contributed by atoms with Gasteiger partial charge in [-0.15, -0.1) is 0 Å². The summed E-state index contributed by atoms with van der Waals surface area (Å²) in [6.45, 7) is 6.17. The Bertz CT molecular complexity index is 427. The molecule has 0 aromatic carbocycles. The average molecular weight is 160 g/mol. The van der Waals surface area contributed by atoms with Crippen LogP contribution in [0.5, 0.6) is 0 Å². The monoisotopic (exact) mass is 160 g/mol. The van der Waals surface area contributed by atoms with Gasteiger partial charge in [-0.25, -0.2) is 4.98 Å². The van der Waals surface area contributed by atoms with E-state index in [0.717, 1.165) is 11.5 Å². The van der Waals surface area contributed by atoms with E-state index < -0.39 is 0 Å². The number of nitrogens with zero attached hydrogens (tertiary/aromatic N) is 2. The van der Waals surface area contributed by atoms with Crippen molar-refractivity contribution in [3.05, 3.63) is 35.4 Å². The number of hydrogen-bond donors (Lipinski definition) is 0. The van der Waals surface area contributed by atoms with Gasteiger partial charge in [-0.05, 0) is 38.5 Å². The molecule has 2 aromatic rings. The lowest BCUT2D eigenvalue weighted by atomic mass is 10.2. The molecule has 0 amide bonds. The molecule has 0 aliphatic heterocycles. The number of rotatable bonds is 0. The Labute approximate surface area is 71.9 Å². The van der Waals surface area contributed by atoms with E-state index >= 15 is 0 Å². The minimum atomic E-state index is 1.06. The highest BCUT2D eigenvalue weighted by Gasteiger charge is 2.02. The Balaban J connectivity index is 2.90. The van der Waals surface area contributed by atoms with E-state index in [4.69, 9.17) is 0 Å². The fourth-order valence-corrected chi connectivity index (χ4v) is 1.52. The van der Waals surface area contributed by atoms with Gasteiger partial charge in [0.25, 0.3) is 0 Å². The molecule has 2 heterocycles. The van der Waals surface area contributed by atoms with E-state index in [1.165, 1.54) is 11.1 Å². The van der Waals surface area contributed by atoms with Crippen molar-refractivity contribution in [2.75, 3.05) is 0 Å². The van der Waals surface area contributed by atoms with E-state index in [0.29, 0.717) is 0 Å². The van der Waals surface area contributed by atoms with Crippen molar-refractivity contribution >= 4 is 5.52 Å². The topological polar surface area (TPSA) is 17.3 Å². The van der Waals surface area contributed by atoms with Gasteiger partial charge in [0.05, 0.1) is 11.2 Å². The van der Waals surface area contributed by atoms with E-state index in [2.05, 4.69) is 34.6 Å². The Morgan fingerprint density at radius 3 is 2.75 bits per heavy atom. The number of fused-ring (bicyclic) bond motifs is 1. The van der Waals surface area contributed by atoms with Gasteiger partial charge in [0.1, 0.15) is 5.82 Å². The molecule has 0 spiro atoms. The molecule has 2 heteroatoms. The lowest BCUT2D eigenvalue weighted by Crippen LogP contribution is -1.86. The summed E-state index contributed by atoms with van der Waals surface area (Å²) in [4.78, 5) is 4.39. The number of aromatic nitrogens is 2. The molecule has 2 aromatic heterocycles. The standard InChI is InChI=1S/C10H12N2/c1-7-4-5-12-9(3)11-8(2)10(12)6-7/h4-6H,1-3H3. The number of aryl methyl sites for hydroxylation is 3. The van der Waals surface area contributed by atoms with Crippen molar-refractivity contribution in [1.29, 1.82) is 0 Å². The summed E-state index contributed by atoms with van der Waals surface area (Å²) >= 11 is 0. The van der Waals surface area contributed by atoms with Crippen molar-refractivity contribution < 1.29 is 0 Å². The first-order valence-corrected chi connectivity index (χ1v) is 4.10. The highest BCUT2D eigenvalue weighted by molar-refractivity contribution is 5.54. The first-order chi connectivity index (χ1) is 5.68. The third kappa shape index (κ3) is 0.916. The summed E-state index contributed by atoms with van der Waals surface area (Å²) < 4.78 is 2.11. The molecule has 0 radical (unpaired) electrons. The second-order valence-corrected chi connectivity index (χ2v) is 3.20. The van der Waals surface area contributed by atoms with Gasteiger partial charge in [-0.2, -0.15) is 0 Å². The molecule has 62 valence electrons. The van der Waals surface area contributed by atoms with Crippen molar-refractivity contribution in [2.45, 2.75) is 20.8 Å². The van der Waals surface area contributed by atoms with Crippen LogP contribution < -0.4 is 0 Å². The van der Waals surface area contributed by atoms with Crippen LogP contribution in [0.4, 0.5) is 0 Å². The van der Waals surface area contributed by atoms with E-state index in [9.17, 15) is 0 Å². The zero-order valence-corrected chi connectivity index (χ0v) is 7.63. The zero-order chi connectivity index (χ0) is 8.72. The fraction of sp³-hybridized carbons (Fsp3) is 0.300. The second kappa shape index (κ2) is 2.34. The van der Waals surface area contributed by atoms with E-state index in [-0.39, 0.29) is 0 Å². The zero-order valence-electron chi connectivity index (χ0n) is 7.63. The van der Waals surface area contributed by atoms with Crippen molar-refractivity contribution in [2.24, 2.45) is 0 Å². The summed E-state index contributed by atoms with van der Waals surface area (Å²) in [5, 5.41) is 0. The van der Waals surface area contributed by atoms with Crippen molar-refractivity contribution in [3.8, 4) is 0 Å². The first kappa shape index (κ1) is 7.35. The number of hydrogen-bond acceptors (Lipinski definition) is 1. The van der Waals surface area contributed by atoms with E-state index in [1.807, 2.05) is 13.8 Å². The highest BCUT2D eigenvalue weighted by Crippen LogP contribution is 2.12. The smallest absolute Gasteiger partial charge is 0.110 e. The summed E-state index contributed by atoms with van der Waals surface area (Å²) in [5.74, 6) is 1.06. The summed E-state index contributed by atoms with van der Waals surface area (Å²) in [6, 6.07) is 4.26. The predicted octanol–water partition coefficient (Wildman–Crippen LogP) is 2.26. The van der Waals surface area contributed by atoms with Gasteiger partial charge in [0.15, 0.2) is 0 Å². The van der Waals surface area contributed by atoms with Crippen LogP contribution in [0.2, 0.25) is 0 Å². The molecule has 12 heavy (non-hydrogen) atoms. The lowest BCUT2D eigenvalue weighted by Gasteiger charge is -1.97. The molecule has 0 fully saturated rings. The predicted molar refractivity (Wildman–Crippen MR) is 49.4 cm³/mol. The molecular weight excluding hydrogens is 148 g/mol. The third-order valence-corrected chi connectivity index (χ3v) is 2.16. The van der Waals surface area contributed by atoms with Crippen LogP contribution in [0, 0.1) is 20.8 Å². The largest absolute Gasteiger partial charge is 0.304 e. The van der Waals surface area contributed by atoms with Crippen LogP contribution in [0.1, 0.15) is 17.1 Å². The van der Waals surface area contributed by atoms with Gasteiger partial charge >= 0.3 is 0 Å². The van der Waals surface area contributed by atoms with Crippen molar-refractivity contribution in [1.82, 2.24) is 9.38 Å². The molecule has 0 N–H and O–H groups in total. The highest BCUT2D eigenvalue weighted by atomic mass is 15.0. The minimum absolute atomic E-state index is 1.06. The normalized spacial score (nSPS) is 10.9.